The Bertz CT molecular complexity index is 344. The highest BCUT2D eigenvalue weighted by molar-refractivity contribution is 5.85. The number of nitrogens with zero attached hydrogens (tertiary/aromatic N) is 1. The van der Waals surface area contributed by atoms with Crippen LogP contribution in [0.5, 0.6) is 0 Å². The molecule has 0 aromatic carbocycles. The molecule has 6 heteroatoms. The molecule has 1 fully saturated rings. The fourth-order valence-electron chi connectivity index (χ4n) is 2.26. The highest BCUT2D eigenvalue weighted by atomic mass is 16.4. The van der Waals surface area contributed by atoms with Crippen LogP contribution in [0.25, 0.3) is 0 Å². The minimum Gasteiger partial charge on any atom is -0.480 e. The Morgan fingerprint density at radius 1 is 1.37 bits per heavy atom. The zero-order chi connectivity index (χ0) is 14.6. The lowest BCUT2D eigenvalue weighted by atomic mass is 9.86. The number of aliphatic hydroxyl groups excluding tert-OH is 1. The summed E-state index contributed by atoms with van der Waals surface area (Å²) < 4.78 is 0. The van der Waals surface area contributed by atoms with Crippen LogP contribution in [-0.4, -0.2) is 52.3 Å². The molecule has 0 aromatic rings. The topological polar surface area (TPSA) is 89.9 Å². The minimum atomic E-state index is -1.24. The minimum absolute atomic E-state index is 0.0189. The number of carboxylic acid groups (broad SMARTS) is 1. The Kier molecular flexibility index (Phi) is 5.17. The Morgan fingerprint density at radius 3 is 2.53 bits per heavy atom. The van der Waals surface area contributed by atoms with E-state index < -0.39 is 11.5 Å². The number of rotatable bonds is 4. The molecule has 0 heterocycles. The number of urea groups is 1. The maximum atomic E-state index is 12.0. The van der Waals surface area contributed by atoms with Crippen molar-refractivity contribution in [3.8, 4) is 0 Å². The second-order valence-electron chi connectivity index (χ2n) is 5.78. The second-order valence-corrected chi connectivity index (χ2v) is 5.78. The molecule has 2 unspecified atom stereocenters. The van der Waals surface area contributed by atoms with Crippen LogP contribution >= 0.6 is 0 Å². The van der Waals surface area contributed by atoms with Gasteiger partial charge < -0.3 is 20.4 Å². The van der Waals surface area contributed by atoms with E-state index >= 15 is 0 Å². The van der Waals surface area contributed by atoms with Crippen molar-refractivity contribution in [1.29, 1.82) is 0 Å². The highest BCUT2D eigenvalue weighted by Crippen LogP contribution is 2.24. The molecular weight excluding hydrogens is 248 g/mol. The van der Waals surface area contributed by atoms with Crippen molar-refractivity contribution in [2.24, 2.45) is 5.92 Å². The zero-order valence-corrected chi connectivity index (χ0v) is 11.8. The lowest BCUT2D eigenvalue weighted by Crippen LogP contribution is -2.56. The molecule has 0 spiro atoms. The van der Waals surface area contributed by atoms with Gasteiger partial charge in [0.2, 0.25) is 0 Å². The molecule has 1 aliphatic carbocycles. The molecule has 6 nitrogen and oxygen atoms in total. The number of aliphatic hydroxyl groups is 1. The van der Waals surface area contributed by atoms with Crippen molar-refractivity contribution in [2.45, 2.75) is 51.1 Å². The van der Waals surface area contributed by atoms with Gasteiger partial charge in [-0.15, -0.1) is 0 Å². The number of hydrogen-bond donors (Lipinski definition) is 3. The molecule has 19 heavy (non-hydrogen) atoms. The van der Waals surface area contributed by atoms with E-state index in [9.17, 15) is 9.59 Å². The van der Waals surface area contributed by atoms with Crippen molar-refractivity contribution >= 4 is 12.0 Å². The van der Waals surface area contributed by atoms with Gasteiger partial charge in [0.05, 0.1) is 0 Å². The molecule has 0 radical (unpaired) electrons. The van der Waals surface area contributed by atoms with E-state index in [2.05, 4.69) is 5.32 Å². The molecule has 0 aromatic heterocycles. The summed E-state index contributed by atoms with van der Waals surface area (Å²) in [6.07, 6.45) is 3.59. The van der Waals surface area contributed by atoms with Crippen LogP contribution in [0.15, 0.2) is 0 Å². The average Bonchev–Trinajstić information content (AvgIpc) is 2.37. The number of aliphatic carboxylic acids is 1. The predicted octanol–water partition coefficient (Wildman–Crippen LogP) is 1.04. The Labute approximate surface area is 113 Å². The molecule has 1 saturated carbocycles. The first-order valence-corrected chi connectivity index (χ1v) is 6.67. The normalized spacial score (nSPS) is 23.8. The van der Waals surface area contributed by atoms with Gasteiger partial charge in [-0.2, -0.15) is 0 Å². The fourth-order valence-corrected chi connectivity index (χ4v) is 2.26. The van der Waals surface area contributed by atoms with Gasteiger partial charge in [-0.25, -0.2) is 9.59 Å². The summed E-state index contributed by atoms with van der Waals surface area (Å²) in [7, 11) is 1.48. The third-order valence-corrected chi connectivity index (χ3v) is 4.04. The number of nitrogens with one attached hydrogen (secondary N) is 1. The van der Waals surface area contributed by atoms with E-state index in [1.807, 2.05) is 0 Å². The lowest BCUT2D eigenvalue weighted by Gasteiger charge is -2.35. The number of hydrogen-bond acceptors (Lipinski definition) is 3. The summed E-state index contributed by atoms with van der Waals surface area (Å²) in [4.78, 5) is 24.4. The van der Waals surface area contributed by atoms with Gasteiger partial charge >= 0.3 is 12.0 Å². The molecule has 0 bridgehead atoms. The van der Waals surface area contributed by atoms with Gasteiger partial charge in [0.1, 0.15) is 5.54 Å². The van der Waals surface area contributed by atoms with E-state index in [1.165, 1.54) is 25.8 Å². The Morgan fingerprint density at radius 2 is 2.00 bits per heavy atom. The number of amides is 2. The number of carbonyl (C=O) groups excluding carboxylic acids is 1. The molecule has 2 amide bonds. The van der Waals surface area contributed by atoms with Gasteiger partial charge in [-0.3, -0.25) is 0 Å². The molecule has 3 N–H and O–H groups in total. The number of carbonyl (C=O) groups is 2. The third kappa shape index (κ3) is 3.83. The van der Waals surface area contributed by atoms with Gasteiger partial charge in [-0.05, 0) is 39.0 Å². The SMILES string of the molecule is CN(C(=O)NC1CCCC(CO)C1)C(C)(C)C(=O)O. The van der Waals surface area contributed by atoms with Crippen LogP contribution in [0, 0.1) is 5.92 Å². The van der Waals surface area contributed by atoms with Crippen molar-refractivity contribution in [1.82, 2.24) is 10.2 Å². The summed E-state index contributed by atoms with van der Waals surface area (Å²) in [6.45, 7) is 3.13. The van der Waals surface area contributed by atoms with Crippen molar-refractivity contribution < 1.29 is 19.8 Å². The predicted molar refractivity (Wildman–Crippen MR) is 70.8 cm³/mol. The molecular formula is C13H24N2O4. The molecule has 0 aliphatic heterocycles. The largest absolute Gasteiger partial charge is 0.480 e. The van der Waals surface area contributed by atoms with Gasteiger partial charge in [0, 0.05) is 19.7 Å². The summed E-state index contributed by atoms with van der Waals surface area (Å²) >= 11 is 0. The summed E-state index contributed by atoms with van der Waals surface area (Å²) in [5.74, 6) is -0.807. The first-order valence-electron chi connectivity index (χ1n) is 6.67. The maximum absolute atomic E-state index is 12.0. The van der Waals surface area contributed by atoms with Gasteiger partial charge in [-0.1, -0.05) is 6.42 Å². The first-order chi connectivity index (χ1) is 8.78. The third-order valence-electron chi connectivity index (χ3n) is 4.04. The van der Waals surface area contributed by atoms with Gasteiger partial charge in [0.15, 0.2) is 0 Å². The smallest absolute Gasteiger partial charge is 0.329 e. The van der Waals surface area contributed by atoms with E-state index in [4.69, 9.17) is 10.2 Å². The Balaban J connectivity index is 2.57. The monoisotopic (exact) mass is 272 g/mol. The van der Waals surface area contributed by atoms with Crippen molar-refractivity contribution in [3.63, 3.8) is 0 Å². The van der Waals surface area contributed by atoms with E-state index in [-0.39, 0.29) is 24.6 Å². The quantitative estimate of drug-likeness (QED) is 0.713. The van der Waals surface area contributed by atoms with Crippen molar-refractivity contribution in [3.05, 3.63) is 0 Å². The van der Waals surface area contributed by atoms with Crippen LogP contribution in [0.2, 0.25) is 0 Å². The standard InChI is InChI=1S/C13H24N2O4/c1-13(2,11(17)18)15(3)12(19)14-10-6-4-5-9(7-10)8-16/h9-10,16H,4-8H2,1-3H3,(H,14,19)(H,17,18). The van der Waals surface area contributed by atoms with E-state index in [0.717, 1.165) is 25.7 Å². The molecule has 1 aliphatic rings. The second kappa shape index (κ2) is 6.23. The first kappa shape index (κ1) is 15.8. The molecule has 2 atom stereocenters. The molecule has 110 valence electrons. The van der Waals surface area contributed by atoms with E-state index in [1.54, 1.807) is 0 Å². The Hall–Kier alpha value is -1.30. The number of carboxylic acids is 1. The molecule has 0 saturated heterocycles. The van der Waals surface area contributed by atoms with Crippen molar-refractivity contribution in [2.75, 3.05) is 13.7 Å². The van der Waals surface area contributed by atoms with Crippen LogP contribution < -0.4 is 5.32 Å². The number of likely N-dealkylation sites (N-methyl/N-ethyl adjacent to an activating group) is 1. The average molecular weight is 272 g/mol. The van der Waals surface area contributed by atoms with Crippen LogP contribution in [0.1, 0.15) is 39.5 Å². The maximum Gasteiger partial charge on any atom is 0.329 e. The van der Waals surface area contributed by atoms with Crippen LogP contribution in [0.3, 0.4) is 0 Å². The van der Waals surface area contributed by atoms with Gasteiger partial charge in [0.25, 0.3) is 0 Å². The van der Waals surface area contributed by atoms with Crippen LogP contribution in [0.4, 0.5) is 4.79 Å². The summed E-state index contributed by atoms with van der Waals surface area (Å²) in [6, 6.07) is -0.360. The summed E-state index contributed by atoms with van der Waals surface area (Å²) in [5.41, 5.74) is -1.24. The lowest BCUT2D eigenvalue weighted by molar-refractivity contribution is -0.146. The summed E-state index contributed by atoms with van der Waals surface area (Å²) in [5, 5.41) is 21.1. The van der Waals surface area contributed by atoms with E-state index in [0.29, 0.717) is 0 Å². The zero-order valence-electron chi connectivity index (χ0n) is 11.8. The fraction of sp³-hybridized carbons (Fsp3) is 0.846. The highest BCUT2D eigenvalue weighted by Gasteiger charge is 2.36. The van der Waals surface area contributed by atoms with Crippen LogP contribution in [-0.2, 0) is 4.79 Å². The molecule has 1 rings (SSSR count).